The van der Waals surface area contributed by atoms with E-state index in [0.717, 1.165) is 0 Å². The third-order valence-electron chi connectivity index (χ3n) is 4.52. The van der Waals surface area contributed by atoms with E-state index in [1.54, 1.807) is 32.4 Å². The van der Waals surface area contributed by atoms with Gasteiger partial charge in [-0.1, -0.05) is 5.92 Å². The first-order valence-electron chi connectivity index (χ1n) is 8.47. The second-order valence-electron chi connectivity index (χ2n) is 6.19. The van der Waals surface area contributed by atoms with Crippen LogP contribution in [-0.4, -0.2) is 53.2 Å². The Morgan fingerprint density at radius 2 is 1.96 bits per heavy atom. The molecule has 1 aromatic heterocycles. The van der Waals surface area contributed by atoms with Crippen LogP contribution in [0.15, 0.2) is 18.2 Å². The average molecular weight is 381 g/mol. The molecular weight excluding hydrogens is 362 g/mol. The molecule has 3 rings (SSSR count). The maximum absolute atomic E-state index is 11.1. The van der Waals surface area contributed by atoms with Crippen LogP contribution in [0, 0.1) is 23.2 Å². The standard InChI is InChI=1S/C19H19N5O4/c1-27-14-7-12(8-15(9-14)28-2)3-4-17-16(10-20)18(21)24(22-17)13-5-6-23(11-13)19(25)26/h7-9,13H,5-6,11,21H2,1-2H3,(H,25,26). The van der Waals surface area contributed by atoms with Gasteiger partial charge in [-0.3, -0.25) is 0 Å². The number of hydrogen-bond donors (Lipinski definition) is 2. The number of nitriles is 1. The van der Waals surface area contributed by atoms with Crippen molar-refractivity contribution in [2.75, 3.05) is 33.0 Å². The molecule has 2 aromatic rings. The number of nitrogens with two attached hydrogens (primary N) is 1. The zero-order chi connectivity index (χ0) is 20.3. The van der Waals surface area contributed by atoms with E-state index in [4.69, 9.17) is 20.3 Å². The van der Waals surface area contributed by atoms with Crippen LogP contribution in [-0.2, 0) is 0 Å². The SMILES string of the molecule is COc1cc(C#Cc2nn(C3CCN(C(=O)O)C3)c(N)c2C#N)cc(OC)c1. The Morgan fingerprint density at radius 3 is 2.50 bits per heavy atom. The number of nitrogen functional groups attached to an aromatic ring is 1. The quantitative estimate of drug-likeness (QED) is 0.774. The van der Waals surface area contributed by atoms with E-state index in [1.807, 2.05) is 6.07 Å². The molecule has 3 N–H and O–H groups in total. The fraction of sp³-hybridized carbons (Fsp3) is 0.316. The first kappa shape index (κ1) is 18.9. The molecule has 1 fully saturated rings. The number of carboxylic acid groups (broad SMARTS) is 1. The summed E-state index contributed by atoms with van der Waals surface area (Å²) in [5.41, 5.74) is 7.13. The Labute approximate surface area is 161 Å². The van der Waals surface area contributed by atoms with Crippen molar-refractivity contribution < 1.29 is 19.4 Å². The fourth-order valence-electron chi connectivity index (χ4n) is 3.05. The number of anilines is 1. The summed E-state index contributed by atoms with van der Waals surface area (Å²) in [6.45, 7) is 0.665. The maximum Gasteiger partial charge on any atom is 0.407 e. The van der Waals surface area contributed by atoms with Crippen LogP contribution in [0.4, 0.5) is 10.6 Å². The highest BCUT2D eigenvalue weighted by atomic mass is 16.5. The number of carbonyl (C=O) groups is 1. The molecule has 1 aliphatic heterocycles. The van der Waals surface area contributed by atoms with Crippen molar-refractivity contribution >= 4 is 11.9 Å². The number of amides is 1. The lowest BCUT2D eigenvalue weighted by Gasteiger charge is -2.13. The summed E-state index contributed by atoms with van der Waals surface area (Å²) < 4.78 is 11.9. The van der Waals surface area contributed by atoms with E-state index in [-0.39, 0.29) is 29.7 Å². The van der Waals surface area contributed by atoms with Gasteiger partial charge < -0.3 is 25.2 Å². The largest absolute Gasteiger partial charge is 0.497 e. The lowest BCUT2D eigenvalue weighted by atomic mass is 10.2. The van der Waals surface area contributed by atoms with E-state index in [9.17, 15) is 10.1 Å². The molecule has 0 saturated carbocycles. The van der Waals surface area contributed by atoms with Crippen LogP contribution >= 0.6 is 0 Å². The van der Waals surface area contributed by atoms with Gasteiger partial charge in [-0.2, -0.15) is 10.4 Å². The first-order valence-corrected chi connectivity index (χ1v) is 8.47. The van der Waals surface area contributed by atoms with Gasteiger partial charge in [0.2, 0.25) is 0 Å². The van der Waals surface area contributed by atoms with E-state index < -0.39 is 6.09 Å². The Balaban J connectivity index is 1.94. The van der Waals surface area contributed by atoms with Gasteiger partial charge in [-0.25, -0.2) is 9.48 Å². The molecule has 0 radical (unpaired) electrons. The zero-order valence-electron chi connectivity index (χ0n) is 15.5. The molecule has 0 aliphatic carbocycles. The van der Waals surface area contributed by atoms with Crippen molar-refractivity contribution in [3.8, 4) is 29.4 Å². The van der Waals surface area contributed by atoms with Gasteiger partial charge in [-0.15, -0.1) is 0 Å². The van der Waals surface area contributed by atoms with Crippen LogP contribution in [0.2, 0.25) is 0 Å². The summed E-state index contributed by atoms with van der Waals surface area (Å²) in [6.07, 6.45) is -0.413. The second kappa shape index (κ2) is 7.80. The maximum atomic E-state index is 11.1. The molecule has 1 saturated heterocycles. The Hall–Kier alpha value is -3.85. The molecule has 1 amide bonds. The molecule has 2 heterocycles. The summed E-state index contributed by atoms with van der Waals surface area (Å²) in [7, 11) is 3.09. The van der Waals surface area contributed by atoms with Crippen molar-refractivity contribution in [2.24, 2.45) is 0 Å². The van der Waals surface area contributed by atoms with Crippen molar-refractivity contribution in [3.63, 3.8) is 0 Å². The predicted octanol–water partition coefficient (Wildman–Crippen LogP) is 1.68. The molecule has 1 aromatic carbocycles. The average Bonchev–Trinajstić information content (AvgIpc) is 3.30. The van der Waals surface area contributed by atoms with Gasteiger partial charge in [0.05, 0.1) is 20.3 Å². The minimum absolute atomic E-state index is 0.177. The van der Waals surface area contributed by atoms with Crippen molar-refractivity contribution in [1.82, 2.24) is 14.7 Å². The van der Waals surface area contributed by atoms with E-state index in [0.29, 0.717) is 30.0 Å². The Morgan fingerprint density at radius 1 is 1.29 bits per heavy atom. The molecule has 28 heavy (non-hydrogen) atoms. The molecule has 9 nitrogen and oxygen atoms in total. The molecule has 144 valence electrons. The number of rotatable bonds is 3. The highest BCUT2D eigenvalue weighted by Crippen LogP contribution is 2.27. The van der Waals surface area contributed by atoms with Gasteiger partial charge in [-0.05, 0) is 24.5 Å². The highest BCUT2D eigenvalue weighted by molar-refractivity contribution is 5.65. The van der Waals surface area contributed by atoms with Crippen molar-refractivity contribution in [1.29, 1.82) is 5.26 Å². The molecular formula is C19H19N5O4. The molecule has 1 atom stereocenters. The van der Waals surface area contributed by atoms with Gasteiger partial charge in [0, 0.05) is 24.7 Å². The Bertz CT molecular complexity index is 990. The van der Waals surface area contributed by atoms with E-state index >= 15 is 0 Å². The fourth-order valence-corrected chi connectivity index (χ4v) is 3.05. The monoisotopic (exact) mass is 381 g/mol. The second-order valence-corrected chi connectivity index (χ2v) is 6.19. The lowest BCUT2D eigenvalue weighted by molar-refractivity contribution is 0.154. The van der Waals surface area contributed by atoms with Gasteiger partial charge in [0.25, 0.3) is 0 Å². The number of ether oxygens (including phenoxy) is 2. The number of hydrogen-bond acceptors (Lipinski definition) is 6. The molecule has 0 spiro atoms. The number of benzene rings is 1. The van der Waals surface area contributed by atoms with E-state index in [2.05, 4.69) is 16.9 Å². The van der Waals surface area contributed by atoms with Crippen LogP contribution < -0.4 is 15.2 Å². The van der Waals surface area contributed by atoms with Gasteiger partial charge in [0.15, 0.2) is 5.69 Å². The Kier molecular flexibility index (Phi) is 5.28. The number of likely N-dealkylation sites (tertiary alicyclic amines) is 1. The third kappa shape index (κ3) is 3.64. The van der Waals surface area contributed by atoms with Crippen LogP contribution in [0.1, 0.15) is 29.3 Å². The predicted molar refractivity (Wildman–Crippen MR) is 100 cm³/mol. The molecule has 1 unspecified atom stereocenters. The van der Waals surface area contributed by atoms with Crippen molar-refractivity contribution in [2.45, 2.75) is 12.5 Å². The topological polar surface area (TPSA) is 127 Å². The number of methoxy groups -OCH3 is 2. The summed E-state index contributed by atoms with van der Waals surface area (Å²) in [6, 6.07) is 7.02. The van der Waals surface area contributed by atoms with Gasteiger partial charge >= 0.3 is 6.09 Å². The first-order chi connectivity index (χ1) is 13.5. The van der Waals surface area contributed by atoms with Crippen LogP contribution in [0.5, 0.6) is 11.5 Å². The minimum atomic E-state index is -0.985. The van der Waals surface area contributed by atoms with E-state index in [1.165, 1.54) is 9.58 Å². The highest BCUT2D eigenvalue weighted by Gasteiger charge is 2.30. The summed E-state index contributed by atoms with van der Waals surface area (Å²) >= 11 is 0. The lowest BCUT2D eigenvalue weighted by Crippen LogP contribution is -2.27. The summed E-state index contributed by atoms with van der Waals surface area (Å²) in [4.78, 5) is 12.4. The van der Waals surface area contributed by atoms with Crippen LogP contribution in [0.25, 0.3) is 0 Å². The van der Waals surface area contributed by atoms with Crippen molar-refractivity contribution in [3.05, 3.63) is 35.0 Å². The smallest absolute Gasteiger partial charge is 0.407 e. The molecule has 9 heteroatoms. The normalized spacial score (nSPS) is 15.5. The minimum Gasteiger partial charge on any atom is -0.497 e. The van der Waals surface area contributed by atoms with Crippen LogP contribution in [0.3, 0.4) is 0 Å². The third-order valence-corrected chi connectivity index (χ3v) is 4.52. The number of nitrogens with zero attached hydrogens (tertiary/aromatic N) is 4. The molecule has 1 aliphatic rings. The summed E-state index contributed by atoms with van der Waals surface area (Å²) in [5.74, 6) is 7.19. The van der Waals surface area contributed by atoms with Gasteiger partial charge in [0.1, 0.15) is 28.9 Å². The summed E-state index contributed by atoms with van der Waals surface area (Å²) in [5, 5.41) is 23.0. The molecule has 0 bridgehead atoms. The zero-order valence-corrected chi connectivity index (χ0v) is 15.5. The number of aromatic nitrogens is 2.